The van der Waals surface area contributed by atoms with Gasteiger partial charge in [-0.05, 0) is 20.3 Å². The number of aryl methyl sites for hydroxylation is 1. The van der Waals surface area contributed by atoms with Gasteiger partial charge in [0, 0.05) is 11.1 Å². The van der Waals surface area contributed by atoms with Crippen LogP contribution in [0.1, 0.15) is 43.5 Å². The molecule has 0 aliphatic rings. The first kappa shape index (κ1) is 14.1. The van der Waals surface area contributed by atoms with Crippen LogP contribution < -0.4 is 0 Å². The number of carbonyl (C=O) groups is 1. The monoisotopic (exact) mass is 257 g/mol. The lowest BCUT2D eigenvalue weighted by Crippen LogP contribution is -2.24. The van der Waals surface area contributed by atoms with E-state index in [0.717, 1.165) is 12.1 Å². The van der Waals surface area contributed by atoms with E-state index in [2.05, 4.69) is 4.98 Å². The third-order valence-corrected chi connectivity index (χ3v) is 3.49. The van der Waals surface area contributed by atoms with Crippen LogP contribution in [0.2, 0.25) is 0 Å². The van der Waals surface area contributed by atoms with E-state index < -0.39 is 12.0 Å². The predicted octanol–water partition coefficient (Wildman–Crippen LogP) is 2.46. The van der Waals surface area contributed by atoms with Gasteiger partial charge in [0.15, 0.2) is 0 Å². The van der Waals surface area contributed by atoms with Crippen LogP contribution in [-0.4, -0.2) is 22.7 Å². The molecule has 0 spiro atoms. The van der Waals surface area contributed by atoms with Gasteiger partial charge in [-0.2, -0.15) is 0 Å². The summed E-state index contributed by atoms with van der Waals surface area (Å²) in [6, 6.07) is 0. The smallest absolute Gasteiger partial charge is 0.312 e. The number of aliphatic hydroxyl groups excluding tert-OH is 1. The van der Waals surface area contributed by atoms with Gasteiger partial charge in [0.1, 0.15) is 11.1 Å². The van der Waals surface area contributed by atoms with Gasteiger partial charge in [0.05, 0.1) is 12.5 Å². The molecule has 1 N–H and O–H groups in total. The molecule has 5 heteroatoms. The van der Waals surface area contributed by atoms with E-state index in [1.807, 2.05) is 19.2 Å². The Kier molecular flexibility index (Phi) is 5.58. The molecule has 1 aromatic heterocycles. The molecule has 0 fully saturated rings. The number of ether oxygens (including phenoxy) is 1. The molecule has 0 saturated carbocycles. The van der Waals surface area contributed by atoms with Gasteiger partial charge in [-0.25, -0.2) is 4.98 Å². The number of carbonyl (C=O) groups excluding carboxylic acids is 1. The maximum absolute atomic E-state index is 11.7. The summed E-state index contributed by atoms with van der Waals surface area (Å²) in [5, 5.41) is 12.6. The Hall–Kier alpha value is -0.940. The van der Waals surface area contributed by atoms with Crippen LogP contribution in [0.5, 0.6) is 0 Å². The van der Waals surface area contributed by atoms with Crippen LogP contribution in [0.25, 0.3) is 0 Å². The Morgan fingerprint density at radius 1 is 1.59 bits per heavy atom. The molecule has 0 aliphatic heterocycles. The van der Waals surface area contributed by atoms with E-state index in [4.69, 9.17) is 4.74 Å². The van der Waals surface area contributed by atoms with Crippen molar-refractivity contribution in [3.05, 3.63) is 16.1 Å². The van der Waals surface area contributed by atoms with Crippen molar-refractivity contribution in [3.63, 3.8) is 0 Å². The number of aromatic nitrogens is 1. The van der Waals surface area contributed by atoms with Crippen molar-refractivity contribution in [2.45, 2.75) is 39.7 Å². The van der Waals surface area contributed by atoms with Gasteiger partial charge >= 0.3 is 5.97 Å². The standard InChI is InChI=1S/C12H19NO3S/c1-4-6-9(12(15)16-5-2)10(14)11-13-8(3)7-17-11/h7,9-10,14H,4-6H2,1-3H3. The maximum Gasteiger partial charge on any atom is 0.312 e. The molecule has 2 atom stereocenters. The molecule has 2 unspecified atom stereocenters. The second-order valence-corrected chi connectivity index (χ2v) is 4.81. The van der Waals surface area contributed by atoms with E-state index in [1.165, 1.54) is 11.3 Å². The Morgan fingerprint density at radius 3 is 2.76 bits per heavy atom. The molecule has 4 nitrogen and oxygen atoms in total. The molecule has 0 radical (unpaired) electrons. The molecule has 1 heterocycles. The first-order chi connectivity index (χ1) is 8.10. The van der Waals surface area contributed by atoms with Crippen LogP contribution in [0.15, 0.2) is 5.38 Å². The average molecular weight is 257 g/mol. The van der Waals surface area contributed by atoms with Crippen molar-refractivity contribution in [3.8, 4) is 0 Å². The van der Waals surface area contributed by atoms with E-state index in [-0.39, 0.29) is 5.97 Å². The maximum atomic E-state index is 11.7. The molecule has 0 amide bonds. The van der Waals surface area contributed by atoms with Crippen LogP contribution >= 0.6 is 11.3 Å². The molecular weight excluding hydrogens is 238 g/mol. The van der Waals surface area contributed by atoms with Gasteiger partial charge in [-0.1, -0.05) is 13.3 Å². The fourth-order valence-corrected chi connectivity index (χ4v) is 2.49. The van der Waals surface area contributed by atoms with Crippen LogP contribution in [0, 0.1) is 12.8 Å². The van der Waals surface area contributed by atoms with Crippen LogP contribution in [0.3, 0.4) is 0 Å². The highest BCUT2D eigenvalue weighted by Crippen LogP contribution is 2.29. The number of esters is 1. The van der Waals surface area contributed by atoms with Crippen molar-refractivity contribution in [1.82, 2.24) is 4.98 Å². The highest BCUT2D eigenvalue weighted by Gasteiger charge is 2.30. The van der Waals surface area contributed by atoms with Gasteiger partial charge in [-0.15, -0.1) is 11.3 Å². The second kappa shape index (κ2) is 6.71. The Balaban J connectivity index is 2.79. The summed E-state index contributed by atoms with van der Waals surface area (Å²) in [6.07, 6.45) is 0.580. The summed E-state index contributed by atoms with van der Waals surface area (Å²) < 4.78 is 4.98. The number of thiazole rings is 1. The minimum atomic E-state index is -0.854. The number of hydrogen-bond acceptors (Lipinski definition) is 5. The van der Waals surface area contributed by atoms with E-state index in [9.17, 15) is 9.90 Å². The number of rotatable bonds is 6. The van der Waals surface area contributed by atoms with Crippen molar-refractivity contribution >= 4 is 17.3 Å². The predicted molar refractivity (Wildman–Crippen MR) is 66.8 cm³/mol. The fourth-order valence-electron chi connectivity index (χ4n) is 1.65. The Labute approximate surface area is 106 Å². The Bertz CT molecular complexity index is 364. The summed E-state index contributed by atoms with van der Waals surface area (Å²) in [5.41, 5.74) is 0.864. The first-order valence-corrected chi connectivity index (χ1v) is 6.74. The topological polar surface area (TPSA) is 59.4 Å². The van der Waals surface area contributed by atoms with Crippen molar-refractivity contribution in [2.24, 2.45) is 5.92 Å². The van der Waals surface area contributed by atoms with Crippen LogP contribution in [0.4, 0.5) is 0 Å². The fraction of sp³-hybridized carbons (Fsp3) is 0.667. The van der Waals surface area contributed by atoms with Gasteiger partial charge in [0.2, 0.25) is 0 Å². The summed E-state index contributed by atoms with van der Waals surface area (Å²) in [7, 11) is 0. The van der Waals surface area contributed by atoms with Gasteiger partial charge < -0.3 is 9.84 Å². The highest BCUT2D eigenvalue weighted by molar-refractivity contribution is 7.09. The first-order valence-electron chi connectivity index (χ1n) is 5.86. The van der Waals surface area contributed by atoms with Crippen LogP contribution in [-0.2, 0) is 9.53 Å². The van der Waals surface area contributed by atoms with E-state index in [1.54, 1.807) is 6.92 Å². The van der Waals surface area contributed by atoms with Gasteiger partial charge in [-0.3, -0.25) is 4.79 Å². The molecule has 1 aromatic rings. The zero-order chi connectivity index (χ0) is 12.8. The largest absolute Gasteiger partial charge is 0.466 e. The summed E-state index contributed by atoms with van der Waals surface area (Å²) in [5.74, 6) is -0.847. The quantitative estimate of drug-likeness (QED) is 0.795. The lowest BCUT2D eigenvalue weighted by atomic mass is 9.97. The molecule has 0 bridgehead atoms. The van der Waals surface area contributed by atoms with E-state index in [0.29, 0.717) is 18.0 Å². The van der Waals surface area contributed by atoms with Gasteiger partial charge in [0.25, 0.3) is 0 Å². The Morgan fingerprint density at radius 2 is 2.29 bits per heavy atom. The lowest BCUT2D eigenvalue weighted by molar-refractivity contribution is -0.152. The number of nitrogens with zero attached hydrogens (tertiary/aromatic N) is 1. The molecular formula is C12H19NO3S. The third-order valence-electron chi connectivity index (χ3n) is 2.46. The summed E-state index contributed by atoms with van der Waals surface area (Å²) in [6.45, 7) is 5.95. The third kappa shape index (κ3) is 3.78. The average Bonchev–Trinajstić information content (AvgIpc) is 2.72. The van der Waals surface area contributed by atoms with E-state index >= 15 is 0 Å². The minimum Gasteiger partial charge on any atom is -0.466 e. The van der Waals surface area contributed by atoms with Crippen molar-refractivity contribution in [1.29, 1.82) is 0 Å². The van der Waals surface area contributed by atoms with Crippen molar-refractivity contribution < 1.29 is 14.6 Å². The minimum absolute atomic E-state index is 0.336. The number of aliphatic hydroxyl groups is 1. The molecule has 1 rings (SSSR count). The zero-order valence-electron chi connectivity index (χ0n) is 10.5. The zero-order valence-corrected chi connectivity index (χ0v) is 11.3. The molecule has 0 aromatic carbocycles. The molecule has 0 aliphatic carbocycles. The SMILES string of the molecule is CCCC(C(=O)OCC)C(O)c1nc(C)cs1. The summed E-state index contributed by atoms with van der Waals surface area (Å²) in [4.78, 5) is 16.0. The second-order valence-electron chi connectivity index (χ2n) is 3.92. The lowest BCUT2D eigenvalue weighted by Gasteiger charge is -2.18. The number of hydrogen-bond donors (Lipinski definition) is 1. The summed E-state index contributed by atoms with van der Waals surface area (Å²) >= 11 is 1.38. The molecule has 17 heavy (non-hydrogen) atoms. The normalized spacial score (nSPS) is 14.4. The highest BCUT2D eigenvalue weighted by atomic mass is 32.1. The molecule has 96 valence electrons. The molecule has 0 saturated heterocycles. The van der Waals surface area contributed by atoms with Crippen molar-refractivity contribution in [2.75, 3.05) is 6.61 Å².